The normalized spacial score (nSPS) is 11.3. The maximum atomic E-state index is 12.6. The molecule has 0 radical (unpaired) electrons. The zero-order chi connectivity index (χ0) is 22.7. The minimum Gasteiger partial charge on any atom is -0.421 e. The fourth-order valence-corrected chi connectivity index (χ4v) is 3.59. The first-order valence-corrected chi connectivity index (χ1v) is 10.5. The first-order chi connectivity index (χ1) is 15.5. The standard InChI is InChI=1S/C27H23NO4/c1-3-14-28-26(30)23-16-20-15-19(12-13-24(29)18-10-8-17(2)9-11-18)21-6-4-5-7-22(21)25(20)32-27(23)31/h4-13,15-16H,3,14H2,1-2H3,(H,28,30)/b13-12+. The summed E-state index contributed by atoms with van der Waals surface area (Å²) in [4.78, 5) is 37.5. The zero-order valence-electron chi connectivity index (χ0n) is 18.0. The van der Waals surface area contributed by atoms with Gasteiger partial charge in [0.1, 0.15) is 11.1 Å². The van der Waals surface area contributed by atoms with Crippen LogP contribution in [0.4, 0.5) is 0 Å². The third kappa shape index (κ3) is 4.23. The first-order valence-electron chi connectivity index (χ1n) is 10.5. The summed E-state index contributed by atoms with van der Waals surface area (Å²) >= 11 is 0. The summed E-state index contributed by atoms with van der Waals surface area (Å²) < 4.78 is 5.56. The average molecular weight is 425 g/mol. The maximum Gasteiger partial charge on any atom is 0.349 e. The van der Waals surface area contributed by atoms with Crippen LogP contribution in [0.3, 0.4) is 0 Å². The fourth-order valence-electron chi connectivity index (χ4n) is 3.59. The van der Waals surface area contributed by atoms with Crippen molar-refractivity contribution in [1.29, 1.82) is 0 Å². The SMILES string of the molecule is CCCNC(=O)c1cc2cc(/C=C/C(=O)c3ccc(C)cc3)c3ccccc3c2oc1=O. The van der Waals surface area contributed by atoms with E-state index in [9.17, 15) is 14.4 Å². The van der Waals surface area contributed by atoms with E-state index in [0.29, 0.717) is 23.1 Å². The predicted molar refractivity (Wildman–Crippen MR) is 127 cm³/mol. The monoisotopic (exact) mass is 425 g/mol. The van der Waals surface area contributed by atoms with E-state index in [4.69, 9.17) is 4.42 Å². The van der Waals surface area contributed by atoms with Crippen LogP contribution in [0.1, 0.15) is 45.2 Å². The summed E-state index contributed by atoms with van der Waals surface area (Å²) in [6.07, 6.45) is 4.05. The molecule has 5 nitrogen and oxygen atoms in total. The van der Waals surface area contributed by atoms with E-state index in [2.05, 4.69) is 5.32 Å². The third-order valence-corrected chi connectivity index (χ3v) is 5.30. The van der Waals surface area contributed by atoms with E-state index in [-0.39, 0.29) is 11.3 Å². The number of allylic oxidation sites excluding steroid dienone is 1. The Bertz CT molecular complexity index is 1410. The number of benzene rings is 3. The van der Waals surface area contributed by atoms with Crippen molar-refractivity contribution in [3.05, 3.63) is 99.4 Å². The molecular formula is C27H23NO4. The van der Waals surface area contributed by atoms with E-state index in [0.717, 1.165) is 28.3 Å². The summed E-state index contributed by atoms with van der Waals surface area (Å²) in [5.74, 6) is -0.560. The van der Waals surface area contributed by atoms with Gasteiger partial charge in [-0.05, 0) is 42.5 Å². The summed E-state index contributed by atoms with van der Waals surface area (Å²) in [6, 6.07) is 18.3. The molecule has 0 saturated heterocycles. The van der Waals surface area contributed by atoms with Gasteiger partial charge in [0.05, 0.1) is 0 Å². The van der Waals surface area contributed by atoms with Crippen molar-refractivity contribution in [3.8, 4) is 0 Å². The van der Waals surface area contributed by atoms with Crippen molar-refractivity contribution in [3.63, 3.8) is 0 Å². The molecule has 1 aromatic heterocycles. The molecule has 160 valence electrons. The third-order valence-electron chi connectivity index (χ3n) is 5.30. The molecule has 0 aliphatic heterocycles. The smallest absolute Gasteiger partial charge is 0.349 e. The van der Waals surface area contributed by atoms with Crippen molar-refractivity contribution in [2.45, 2.75) is 20.3 Å². The molecule has 1 heterocycles. The highest BCUT2D eigenvalue weighted by molar-refractivity contribution is 6.12. The molecule has 1 amide bonds. The van der Waals surface area contributed by atoms with Crippen molar-refractivity contribution in [2.75, 3.05) is 6.54 Å². The number of hydrogen-bond donors (Lipinski definition) is 1. The topological polar surface area (TPSA) is 76.4 Å². The van der Waals surface area contributed by atoms with Crippen LogP contribution >= 0.6 is 0 Å². The number of rotatable bonds is 6. The largest absolute Gasteiger partial charge is 0.421 e. The Morgan fingerprint density at radius 3 is 2.44 bits per heavy atom. The molecule has 0 unspecified atom stereocenters. The molecule has 0 fully saturated rings. The number of nitrogens with one attached hydrogen (secondary N) is 1. The molecule has 32 heavy (non-hydrogen) atoms. The van der Waals surface area contributed by atoms with Crippen LogP contribution in [0.5, 0.6) is 0 Å². The Labute approximate surface area is 185 Å². The number of aryl methyl sites for hydroxylation is 1. The van der Waals surface area contributed by atoms with Gasteiger partial charge in [-0.15, -0.1) is 0 Å². The molecule has 4 aromatic rings. The van der Waals surface area contributed by atoms with E-state index in [1.807, 2.05) is 56.3 Å². The second-order valence-corrected chi connectivity index (χ2v) is 7.70. The summed E-state index contributed by atoms with van der Waals surface area (Å²) in [5, 5.41) is 4.92. The molecule has 0 saturated carbocycles. The Kier molecular flexibility index (Phi) is 5.99. The zero-order valence-corrected chi connectivity index (χ0v) is 18.0. The summed E-state index contributed by atoms with van der Waals surface area (Å²) in [6.45, 7) is 4.38. The number of amides is 1. The second kappa shape index (κ2) is 9.02. The van der Waals surface area contributed by atoms with Crippen LogP contribution in [-0.4, -0.2) is 18.2 Å². The molecule has 4 rings (SSSR count). The van der Waals surface area contributed by atoms with E-state index in [1.54, 1.807) is 24.3 Å². The lowest BCUT2D eigenvalue weighted by Gasteiger charge is -2.08. The fraction of sp³-hybridized carbons (Fsp3) is 0.148. The number of hydrogen-bond acceptors (Lipinski definition) is 4. The maximum absolute atomic E-state index is 12.6. The first kappa shape index (κ1) is 21.2. The lowest BCUT2D eigenvalue weighted by Crippen LogP contribution is -2.28. The molecule has 0 bridgehead atoms. The molecule has 1 N–H and O–H groups in total. The summed E-state index contributed by atoms with van der Waals surface area (Å²) in [7, 11) is 0. The van der Waals surface area contributed by atoms with Crippen molar-refractivity contribution in [2.24, 2.45) is 0 Å². The predicted octanol–water partition coefficient (Wildman–Crippen LogP) is 5.29. The van der Waals surface area contributed by atoms with Crippen LogP contribution in [0, 0.1) is 6.92 Å². The minimum atomic E-state index is -0.672. The number of fused-ring (bicyclic) bond motifs is 3. The van der Waals surface area contributed by atoms with Crippen molar-refractivity contribution < 1.29 is 14.0 Å². The average Bonchev–Trinajstić information content (AvgIpc) is 2.81. The van der Waals surface area contributed by atoms with Gasteiger partial charge < -0.3 is 9.73 Å². The van der Waals surface area contributed by atoms with Gasteiger partial charge in [0.2, 0.25) is 0 Å². The van der Waals surface area contributed by atoms with E-state index in [1.165, 1.54) is 6.08 Å². The lowest BCUT2D eigenvalue weighted by atomic mass is 9.99. The van der Waals surface area contributed by atoms with Gasteiger partial charge in [-0.3, -0.25) is 9.59 Å². The Hall–Kier alpha value is -3.99. The van der Waals surface area contributed by atoms with Crippen molar-refractivity contribution in [1.82, 2.24) is 5.32 Å². The molecular weight excluding hydrogens is 402 g/mol. The number of carbonyl (C=O) groups is 2. The molecule has 0 spiro atoms. The van der Waals surface area contributed by atoms with Gasteiger partial charge >= 0.3 is 5.63 Å². The molecule has 5 heteroatoms. The van der Waals surface area contributed by atoms with Gasteiger partial charge in [-0.25, -0.2) is 4.79 Å². The second-order valence-electron chi connectivity index (χ2n) is 7.70. The van der Waals surface area contributed by atoms with Crippen LogP contribution in [0.2, 0.25) is 0 Å². The Morgan fingerprint density at radius 2 is 1.72 bits per heavy atom. The van der Waals surface area contributed by atoms with E-state index >= 15 is 0 Å². The van der Waals surface area contributed by atoms with Crippen LogP contribution in [-0.2, 0) is 0 Å². The van der Waals surface area contributed by atoms with Gasteiger partial charge in [-0.2, -0.15) is 0 Å². The number of ketones is 1. The van der Waals surface area contributed by atoms with Crippen molar-refractivity contribution >= 4 is 39.5 Å². The molecule has 0 aliphatic carbocycles. The molecule has 0 aliphatic rings. The molecule has 3 aromatic carbocycles. The quantitative estimate of drug-likeness (QED) is 0.197. The van der Waals surface area contributed by atoms with Crippen LogP contribution in [0.25, 0.3) is 27.8 Å². The Balaban J connectivity index is 1.81. The van der Waals surface area contributed by atoms with Gasteiger partial charge in [0.25, 0.3) is 5.91 Å². The molecule has 0 atom stereocenters. The van der Waals surface area contributed by atoms with Crippen LogP contribution in [0.15, 0.2) is 76.0 Å². The summed E-state index contributed by atoms with van der Waals surface area (Å²) in [5.41, 5.74) is 2.20. The highest BCUT2D eigenvalue weighted by Gasteiger charge is 2.16. The highest BCUT2D eigenvalue weighted by Crippen LogP contribution is 2.29. The van der Waals surface area contributed by atoms with Gasteiger partial charge in [-0.1, -0.05) is 67.1 Å². The minimum absolute atomic E-state index is 0.0353. The van der Waals surface area contributed by atoms with Gasteiger partial charge in [0.15, 0.2) is 5.78 Å². The van der Waals surface area contributed by atoms with Crippen LogP contribution < -0.4 is 10.9 Å². The van der Waals surface area contributed by atoms with E-state index < -0.39 is 11.5 Å². The highest BCUT2D eigenvalue weighted by atomic mass is 16.4. The van der Waals surface area contributed by atoms with Gasteiger partial charge in [0, 0.05) is 22.9 Å². The number of carbonyl (C=O) groups excluding carboxylic acids is 2. The lowest BCUT2D eigenvalue weighted by molar-refractivity contribution is 0.0949. The Morgan fingerprint density at radius 1 is 1.00 bits per heavy atom.